The molecule has 1 fully saturated rings. The molecule has 0 atom stereocenters. The van der Waals surface area contributed by atoms with Crippen molar-refractivity contribution in [2.75, 3.05) is 0 Å². The molecular weight excluding hydrogens is 349 g/mol. The highest BCUT2D eigenvalue weighted by atomic mass is 19.4. The molecule has 26 heavy (non-hydrogen) atoms. The summed E-state index contributed by atoms with van der Waals surface area (Å²) in [6.45, 7) is 0.202. The maximum Gasteiger partial charge on any atom is 0.433 e. The van der Waals surface area contributed by atoms with Gasteiger partial charge in [-0.2, -0.15) is 23.4 Å². The summed E-state index contributed by atoms with van der Waals surface area (Å²) < 4.78 is 42.4. The smallest absolute Gasteiger partial charge is 0.346 e. The maximum atomic E-state index is 13.4. The first-order valence-electron chi connectivity index (χ1n) is 8.05. The van der Waals surface area contributed by atoms with Crippen LogP contribution >= 0.6 is 0 Å². The average Bonchev–Trinajstić information content (AvgIpc) is 3.20. The maximum absolute atomic E-state index is 13.4. The summed E-state index contributed by atoms with van der Waals surface area (Å²) in [4.78, 5) is 16.5. The Balaban J connectivity index is 1.64. The number of carbonyl (C=O) groups excluding carboxylic acids is 1. The predicted molar refractivity (Wildman–Crippen MR) is 84.3 cm³/mol. The zero-order chi connectivity index (χ0) is 18.5. The van der Waals surface area contributed by atoms with E-state index in [2.05, 4.69) is 20.5 Å². The number of fused-ring (bicyclic) bond motifs is 1. The van der Waals surface area contributed by atoms with E-state index in [1.807, 2.05) is 0 Å². The number of hydrogen-bond donors (Lipinski definition) is 1. The topological polar surface area (TPSA) is 77.1 Å². The number of alkyl halides is 3. The quantitative estimate of drug-likeness (QED) is 0.771. The van der Waals surface area contributed by atoms with Gasteiger partial charge in [-0.25, -0.2) is 9.50 Å². The number of aromatic nitrogens is 5. The summed E-state index contributed by atoms with van der Waals surface area (Å²) in [5.74, 6) is -0.515. The van der Waals surface area contributed by atoms with Gasteiger partial charge in [0.25, 0.3) is 5.91 Å². The highest BCUT2D eigenvalue weighted by molar-refractivity contribution is 5.93. The van der Waals surface area contributed by atoms with Crippen LogP contribution in [0.3, 0.4) is 0 Å². The second-order valence-corrected chi connectivity index (χ2v) is 6.34. The lowest BCUT2D eigenvalue weighted by atomic mass is 10.2. The molecule has 10 heteroatoms. The minimum atomic E-state index is -4.58. The zero-order valence-corrected chi connectivity index (χ0v) is 13.8. The van der Waals surface area contributed by atoms with Gasteiger partial charge in [0.05, 0.1) is 6.20 Å². The first kappa shape index (κ1) is 16.6. The lowest BCUT2D eigenvalue weighted by molar-refractivity contribution is -0.142. The Morgan fingerprint density at radius 1 is 1.35 bits per heavy atom. The molecule has 0 aromatic carbocycles. The summed E-state index contributed by atoms with van der Waals surface area (Å²) in [6, 6.07) is 2.30. The molecule has 1 amide bonds. The summed E-state index contributed by atoms with van der Waals surface area (Å²) in [7, 11) is 1.75. The third-order valence-electron chi connectivity index (χ3n) is 4.18. The normalized spacial score (nSPS) is 14.8. The van der Waals surface area contributed by atoms with Crippen LogP contribution in [0, 0.1) is 0 Å². The minimum absolute atomic E-state index is 0.0215. The van der Waals surface area contributed by atoms with Crippen molar-refractivity contribution < 1.29 is 18.0 Å². The summed E-state index contributed by atoms with van der Waals surface area (Å²) in [5, 5.41) is 10.4. The molecule has 3 heterocycles. The Labute approximate surface area is 145 Å². The highest BCUT2D eigenvalue weighted by Gasteiger charge is 2.37. The fourth-order valence-corrected chi connectivity index (χ4v) is 2.73. The van der Waals surface area contributed by atoms with Crippen LogP contribution in [-0.2, 0) is 19.8 Å². The Kier molecular flexibility index (Phi) is 3.70. The van der Waals surface area contributed by atoms with Crippen LogP contribution in [0.15, 0.2) is 24.5 Å². The molecule has 4 rings (SSSR count). The van der Waals surface area contributed by atoms with E-state index in [-0.39, 0.29) is 23.8 Å². The first-order valence-corrected chi connectivity index (χ1v) is 8.05. The molecule has 136 valence electrons. The molecule has 0 unspecified atom stereocenters. The number of nitrogens with zero attached hydrogens (tertiary/aromatic N) is 5. The molecule has 0 saturated heterocycles. The van der Waals surface area contributed by atoms with Gasteiger partial charge < -0.3 is 5.32 Å². The van der Waals surface area contributed by atoms with Gasteiger partial charge in [-0.15, -0.1) is 0 Å². The number of carbonyl (C=O) groups is 1. The minimum Gasteiger partial charge on any atom is -0.346 e. The molecule has 1 saturated carbocycles. The van der Waals surface area contributed by atoms with Crippen molar-refractivity contribution in [2.24, 2.45) is 7.05 Å². The molecule has 3 aromatic rings. The van der Waals surface area contributed by atoms with Gasteiger partial charge >= 0.3 is 6.18 Å². The van der Waals surface area contributed by atoms with Gasteiger partial charge in [-0.3, -0.25) is 9.48 Å². The number of rotatable bonds is 4. The number of hydrogen-bond acceptors (Lipinski definition) is 4. The molecule has 0 bridgehead atoms. The van der Waals surface area contributed by atoms with E-state index in [0.717, 1.165) is 24.5 Å². The summed E-state index contributed by atoms with van der Waals surface area (Å²) >= 11 is 0. The number of amides is 1. The van der Waals surface area contributed by atoms with Crippen LogP contribution in [0.1, 0.15) is 46.2 Å². The Morgan fingerprint density at radius 3 is 2.73 bits per heavy atom. The van der Waals surface area contributed by atoms with E-state index in [1.165, 1.54) is 6.07 Å². The van der Waals surface area contributed by atoms with Crippen molar-refractivity contribution in [3.05, 3.63) is 47.2 Å². The van der Waals surface area contributed by atoms with E-state index in [4.69, 9.17) is 0 Å². The van der Waals surface area contributed by atoms with Gasteiger partial charge in [0.1, 0.15) is 5.69 Å². The van der Waals surface area contributed by atoms with E-state index in [9.17, 15) is 18.0 Å². The van der Waals surface area contributed by atoms with Crippen molar-refractivity contribution >= 4 is 11.6 Å². The predicted octanol–water partition coefficient (Wildman–Crippen LogP) is 2.29. The van der Waals surface area contributed by atoms with Crippen LogP contribution < -0.4 is 5.32 Å². The number of aryl methyl sites for hydroxylation is 1. The SMILES string of the molecule is Cn1cc(CNC(=O)c2cc3nc(C4CC4)cc(C(F)(F)F)n3n2)cn1. The molecule has 7 nitrogen and oxygen atoms in total. The van der Waals surface area contributed by atoms with E-state index in [0.29, 0.717) is 10.2 Å². The van der Waals surface area contributed by atoms with Crippen molar-refractivity contribution in [1.29, 1.82) is 0 Å². The monoisotopic (exact) mass is 364 g/mol. The fourth-order valence-electron chi connectivity index (χ4n) is 2.73. The largest absolute Gasteiger partial charge is 0.433 e. The second-order valence-electron chi connectivity index (χ2n) is 6.34. The second kappa shape index (κ2) is 5.82. The third kappa shape index (κ3) is 3.14. The molecule has 1 N–H and O–H groups in total. The summed E-state index contributed by atoms with van der Waals surface area (Å²) in [5.41, 5.74) is 0.158. The number of halogens is 3. The van der Waals surface area contributed by atoms with Crippen LogP contribution in [0.4, 0.5) is 13.2 Å². The molecule has 1 aliphatic carbocycles. The Hall–Kier alpha value is -2.91. The Bertz CT molecular complexity index is 986. The average molecular weight is 364 g/mol. The molecule has 3 aromatic heterocycles. The number of nitrogens with one attached hydrogen (secondary N) is 1. The van der Waals surface area contributed by atoms with Gasteiger partial charge in [-0.1, -0.05) is 0 Å². The van der Waals surface area contributed by atoms with Crippen LogP contribution in [-0.4, -0.2) is 30.3 Å². The van der Waals surface area contributed by atoms with E-state index in [1.54, 1.807) is 24.1 Å². The lowest BCUT2D eigenvalue weighted by Gasteiger charge is -2.10. The van der Waals surface area contributed by atoms with Crippen LogP contribution in [0.5, 0.6) is 0 Å². The molecular formula is C16H15F3N6O. The van der Waals surface area contributed by atoms with Crippen molar-refractivity contribution in [3.63, 3.8) is 0 Å². The first-order chi connectivity index (χ1) is 12.3. The fraction of sp³-hybridized carbons (Fsp3) is 0.375. The zero-order valence-electron chi connectivity index (χ0n) is 13.8. The molecule has 1 aliphatic rings. The van der Waals surface area contributed by atoms with Gasteiger partial charge in [0, 0.05) is 43.0 Å². The molecule has 0 radical (unpaired) electrons. The van der Waals surface area contributed by atoms with Crippen molar-refractivity contribution in [1.82, 2.24) is 29.7 Å². The van der Waals surface area contributed by atoms with E-state index < -0.39 is 17.8 Å². The van der Waals surface area contributed by atoms with Crippen molar-refractivity contribution in [2.45, 2.75) is 31.5 Å². The molecule has 0 spiro atoms. The standard InChI is InChI=1S/C16H15F3N6O/c1-24-8-9(7-21-24)6-20-15(26)12-5-14-22-11(10-2-3-10)4-13(16(17,18)19)25(14)23-12/h4-5,7-8,10H,2-3,6H2,1H3,(H,20,26). The lowest BCUT2D eigenvalue weighted by Crippen LogP contribution is -2.23. The van der Waals surface area contributed by atoms with Crippen molar-refractivity contribution in [3.8, 4) is 0 Å². The van der Waals surface area contributed by atoms with Gasteiger partial charge in [0.2, 0.25) is 0 Å². The van der Waals surface area contributed by atoms with Crippen LogP contribution in [0.25, 0.3) is 5.65 Å². The van der Waals surface area contributed by atoms with Gasteiger partial charge in [0.15, 0.2) is 11.3 Å². The van der Waals surface area contributed by atoms with E-state index >= 15 is 0 Å². The Morgan fingerprint density at radius 2 is 2.12 bits per heavy atom. The van der Waals surface area contributed by atoms with Crippen LogP contribution in [0.2, 0.25) is 0 Å². The summed E-state index contributed by atoms with van der Waals surface area (Å²) in [6.07, 6.45) is 0.394. The highest BCUT2D eigenvalue weighted by Crippen LogP contribution is 2.41. The third-order valence-corrected chi connectivity index (χ3v) is 4.18. The van der Waals surface area contributed by atoms with Gasteiger partial charge in [-0.05, 0) is 18.9 Å². The molecule has 0 aliphatic heterocycles.